The Hall–Kier alpha value is -1.81. The highest BCUT2D eigenvalue weighted by Crippen LogP contribution is 2.29. The highest BCUT2D eigenvalue weighted by molar-refractivity contribution is 9.10. The number of hydrogen-bond acceptors (Lipinski definition) is 6. The first-order valence-electron chi connectivity index (χ1n) is 9.29. The van der Waals surface area contributed by atoms with Gasteiger partial charge >= 0.3 is 4.87 Å². The van der Waals surface area contributed by atoms with Gasteiger partial charge in [0.1, 0.15) is 6.54 Å². The predicted molar refractivity (Wildman–Crippen MR) is 120 cm³/mol. The van der Waals surface area contributed by atoms with Gasteiger partial charge in [-0.3, -0.25) is 19.1 Å². The third-order valence-electron chi connectivity index (χ3n) is 4.84. The second-order valence-electron chi connectivity index (χ2n) is 6.89. The van der Waals surface area contributed by atoms with E-state index >= 15 is 0 Å². The van der Waals surface area contributed by atoms with Gasteiger partial charge in [0.25, 0.3) is 0 Å². The van der Waals surface area contributed by atoms with E-state index in [9.17, 15) is 9.59 Å². The highest BCUT2D eigenvalue weighted by atomic mass is 79.9. The van der Waals surface area contributed by atoms with Crippen LogP contribution in [0, 0.1) is 6.92 Å². The minimum Gasteiger partial charge on any atom is -0.376 e. The van der Waals surface area contributed by atoms with Crippen LogP contribution < -0.4 is 9.77 Å². The molecule has 3 aromatic rings. The number of carbonyl (C=O) groups is 1. The van der Waals surface area contributed by atoms with E-state index in [1.807, 2.05) is 36.6 Å². The van der Waals surface area contributed by atoms with Crippen LogP contribution in [0.3, 0.4) is 0 Å². The van der Waals surface area contributed by atoms with Gasteiger partial charge in [-0.1, -0.05) is 39.4 Å². The number of amides is 1. The molecule has 1 unspecified atom stereocenters. The van der Waals surface area contributed by atoms with E-state index < -0.39 is 0 Å². The number of aryl methyl sites for hydroxylation is 1. The van der Waals surface area contributed by atoms with E-state index in [2.05, 4.69) is 15.9 Å². The monoisotopic (exact) mass is 493 g/mol. The summed E-state index contributed by atoms with van der Waals surface area (Å²) < 4.78 is 8.27. The fourth-order valence-electron chi connectivity index (χ4n) is 3.24. The van der Waals surface area contributed by atoms with Crippen LogP contribution >= 0.6 is 38.6 Å². The van der Waals surface area contributed by atoms with E-state index in [1.165, 1.54) is 15.9 Å². The normalized spacial score (nSPS) is 16.3. The van der Waals surface area contributed by atoms with Crippen LogP contribution in [0.2, 0.25) is 0 Å². The Kier molecular flexibility index (Phi) is 6.29. The lowest BCUT2D eigenvalue weighted by Crippen LogP contribution is -2.40. The number of thiazole rings is 2. The van der Waals surface area contributed by atoms with E-state index in [-0.39, 0.29) is 23.4 Å². The van der Waals surface area contributed by atoms with Crippen molar-refractivity contribution in [1.29, 1.82) is 0 Å². The van der Waals surface area contributed by atoms with E-state index in [4.69, 9.17) is 9.72 Å². The first-order chi connectivity index (χ1) is 14.0. The third-order valence-corrected chi connectivity index (χ3v) is 7.12. The summed E-state index contributed by atoms with van der Waals surface area (Å²) in [6.07, 6.45) is 1.92. The Morgan fingerprint density at radius 3 is 2.76 bits per heavy atom. The molecule has 6 nitrogen and oxygen atoms in total. The second kappa shape index (κ2) is 8.91. The molecule has 0 radical (unpaired) electrons. The molecule has 1 saturated heterocycles. The van der Waals surface area contributed by atoms with Gasteiger partial charge in [-0.2, -0.15) is 0 Å². The number of aromatic nitrogens is 2. The molecular weight excluding hydrogens is 474 g/mol. The second-order valence-corrected chi connectivity index (χ2v) is 9.46. The van der Waals surface area contributed by atoms with Gasteiger partial charge in [-0.05, 0) is 31.9 Å². The number of halogens is 1. The Morgan fingerprint density at radius 1 is 1.31 bits per heavy atom. The molecule has 0 aliphatic carbocycles. The Bertz CT molecular complexity index is 1050. The van der Waals surface area contributed by atoms with E-state index in [0.717, 1.165) is 52.2 Å². The highest BCUT2D eigenvalue weighted by Gasteiger charge is 2.26. The summed E-state index contributed by atoms with van der Waals surface area (Å²) in [7, 11) is 0. The molecule has 0 saturated carbocycles. The molecule has 4 rings (SSSR count). The van der Waals surface area contributed by atoms with Gasteiger partial charge in [0.15, 0.2) is 5.13 Å². The SMILES string of the molecule is Cc1csc(=O)n1CC(=O)N(CC1CCCO1)c1nc(-c2ccc(Br)cc2)cs1. The molecule has 1 aliphatic rings. The van der Waals surface area contributed by atoms with Crippen molar-refractivity contribution in [1.82, 2.24) is 9.55 Å². The average Bonchev–Trinajstić information content (AvgIpc) is 3.45. The molecule has 1 fully saturated rings. The average molecular weight is 494 g/mol. The smallest absolute Gasteiger partial charge is 0.307 e. The van der Waals surface area contributed by atoms with Crippen molar-refractivity contribution in [3.05, 3.63) is 54.9 Å². The molecule has 2 aromatic heterocycles. The Balaban J connectivity index is 1.60. The van der Waals surface area contributed by atoms with Crippen LogP contribution in [0.5, 0.6) is 0 Å². The minimum atomic E-state index is -0.152. The lowest BCUT2D eigenvalue weighted by atomic mass is 10.2. The predicted octanol–water partition coefficient (Wildman–Crippen LogP) is 4.32. The largest absolute Gasteiger partial charge is 0.376 e. The van der Waals surface area contributed by atoms with Crippen molar-refractivity contribution >= 4 is 49.6 Å². The topological polar surface area (TPSA) is 64.4 Å². The van der Waals surface area contributed by atoms with Crippen LogP contribution in [-0.2, 0) is 16.1 Å². The molecule has 1 atom stereocenters. The molecular formula is C20H20BrN3O3S2. The Morgan fingerprint density at radius 2 is 2.10 bits per heavy atom. The fourth-order valence-corrected chi connectivity index (χ4v) is 5.10. The quantitative estimate of drug-likeness (QED) is 0.512. The van der Waals surface area contributed by atoms with Gasteiger partial charge in [0, 0.05) is 33.1 Å². The standard InChI is InChI=1S/C20H20BrN3O3S2/c1-13-11-29-20(26)23(13)10-18(25)24(9-16-3-2-8-27-16)19-22-17(12-28-19)14-4-6-15(21)7-5-14/h4-7,11-12,16H,2-3,8-10H2,1H3. The zero-order valence-corrected chi connectivity index (χ0v) is 19.1. The first kappa shape index (κ1) is 20.5. The maximum Gasteiger partial charge on any atom is 0.307 e. The van der Waals surface area contributed by atoms with Gasteiger partial charge in [-0.15, -0.1) is 11.3 Å². The summed E-state index contributed by atoms with van der Waals surface area (Å²) in [5, 5.41) is 4.36. The van der Waals surface area contributed by atoms with Crippen molar-refractivity contribution in [3.63, 3.8) is 0 Å². The summed E-state index contributed by atoms with van der Waals surface area (Å²) >= 11 is 5.98. The lowest BCUT2D eigenvalue weighted by molar-refractivity contribution is -0.119. The number of benzene rings is 1. The zero-order chi connectivity index (χ0) is 20.4. The molecule has 152 valence electrons. The van der Waals surface area contributed by atoms with Crippen molar-refractivity contribution in [2.24, 2.45) is 0 Å². The van der Waals surface area contributed by atoms with Crippen LogP contribution in [0.15, 0.2) is 44.3 Å². The molecule has 29 heavy (non-hydrogen) atoms. The molecule has 1 aliphatic heterocycles. The number of rotatable bonds is 6. The molecule has 3 heterocycles. The molecule has 1 amide bonds. The summed E-state index contributed by atoms with van der Waals surface area (Å²) in [5.41, 5.74) is 2.61. The van der Waals surface area contributed by atoms with Crippen molar-refractivity contribution in [2.45, 2.75) is 32.4 Å². The molecule has 0 spiro atoms. The molecule has 1 aromatic carbocycles. The van der Waals surface area contributed by atoms with Crippen molar-refractivity contribution < 1.29 is 9.53 Å². The van der Waals surface area contributed by atoms with E-state index in [0.29, 0.717) is 11.7 Å². The minimum absolute atomic E-state index is 0.000672. The molecule has 0 N–H and O–H groups in total. The van der Waals surface area contributed by atoms with Crippen molar-refractivity contribution in [3.8, 4) is 11.3 Å². The molecule has 9 heteroatoms. The Labute approximate surface area is 184 Å². The summed E-state index contributed by atoms with van der Waals surface area (Å²) in [4.78, 5) is 31.5. The van der Waals surface area contributed by atoms with Gasteiger partial charge < -0.3 is 4.74 Å². The van der Waals surface area contributed by atoms with Crippen molar-refractivity contribution in [2.75, 3.05) is 18.1 Å². The number of carbonyl (C=O) groups excluding carboxylic acids is 1. The van der Waals surface area contributed by atoms with E-state index in [1.54, 1.807) is 10.3 Å². The zero-order valence-electron chi connectivity index (χ0n) is 15.8. The summed E-state index contributed by atoms with van der Waals surface area (Å²) in [6.45, 7) is 3.01. The number of nitrogens with zero attached hydrogens (tertiary/aromatic N) is 3. The van der Waals surface area contributed by atoms with Gasteiger partial charge in [-0.25, -0.2) is 4.98 Å². The van der Waals surface area contributed by atoms with Crippen LogP contribution in [-0.4, -0.2) is 34.7 Å². The summed E-state index contributed by atoms with van der Waals surface area (Å²) in [6, 6.07) is 7.91. The van der Waals surface area contributed by atoms with Crippen LogP contribution in [0.4, 0.5) is 5.13 Å². The summed E-state index contributed by atoms with van der Waals surface area (Å²) in [5.74, 6) is -0.152. The fraction of sp³-hybridized carbons (Fsp3) is 0.350. The maximum atomic E-state index is 13.2. The number of anilines is 1. The molecule has 0 bridgehead atoms. The first-order valence-corrected chi connectivity index (χ1v) is 11.8. The van der Waals surface area contributed by atoms with Gasteiger partial charge in [0.05, 0.1) is 18.3 Å². The van der Waals surface area contributed by atoms with Crippen LogP contribution in [0.25, 0.3) is 11.3 Å². The number of hydrogen-bond donors (Lipinski definition) is 0. The van der Waals surface area contributed by atoms with Gasteiger partial charge in [0.2, 0.25) is 5.91 Å². The van der Waals surface area contributed by atoms with Crippen LogP contribution in [0.1, 0.15) is 18.5 Å². The third kappa shape index (κ3) is 4.69. The lowest BCUT2D eigenvalue weighted by Gasteiger charge is -2.23. The maximum absolute atomic E-state index is 13.2. The number of ether oxygens (including phenoxy) is 1.